The van der Waals surface area contributed by atoms with Gasteiger partial charge in [-0.3, -0.25) is 10.1 Å². The Bertz CT molecular complexity index is 483. The van der Waals surface area contributed by atoms with E-state index in [1.165, 1.54) is 11.8 Å². The van der Waals surface area contributed by atoms with Gasteiger partial charge in [0.15, 0.2) is 5.71 Å². The van der Waals surface area contributed by atoms with Crippen LogP contribution < -0.4 is 21.7 Å². The van der Waals surface area contributed by atoms with Crippen LogP contribution in [0.3, 0.4) is 0 Å². The number of carbonyl (C=O) groups excluding carboxylic acids is 3. The molecule has 1 fully saturated rings. The van der Waals surface area contributed by atoms with Gasteiger partial charge < -0.3 is 21.1 Å². The molecule has 0 aromatic carbocycles. The van der Waals surface area contributed by atoms with Gasteiger partial charge in [-0.2, -0.15) is 4.99 Å². The summed E-state index contributed by atoms with van der Waals surface area (Å²) in [6, 6.07) is -1.11. The number of esters is 1. The first-order chi connectivity index (χ1) is 9.99. The Kier molecular flexibility index (Phi) is 5.15. The number of nitrogens with one attached hydrogen (secondary N) is 3. The Balaban J connectivity index is 1.90. The number of hydrogen-bond donors (Lipinski definition) is 4. The van der Waals surface area contributed by atoms with Crippen LogP contribution in [0, 0.1) is 0 Å². The van der Waals surface area contributed by atoms with Gasteiger partial charge in [0.25, 0.3) is 0 Å². The molecule has 9 nitrogen and oxygen atoms in total. The molecule has 5 N–H and O–H groups in total. The number of hydrogen-bond acceptors (Lipinski definition) is 7. The zero-order valence-corrected chi connectivity index (χ0v) is 12.2. The molecule has 0 radical (unpaired) electrons. The molecule has 116 valence electrons. The Morgan fingerprint density at radius 1 is 1.48 bits per heavy atom. The Labute approximate surface area is 125 Å². The van der Waals surface area contributed by atoms with E-state index in [1.54, 1.807) is 6.92 Å². The van der Waals surface area contributed by atoms with E-state index in [1.807, 2.05) is 0 Å². The van der Waals surface area contributed by atoms with Crippen LogP contribution in [0.4, 0.5) is 4.79 Å². The van der Waals surface area contributed by atoms with Gasteiger partial charge in [0.05, 0.1) is 25.2 Å². The number of thioether (sulfide) groups is 1. The Morgan fingerprint density at radius 3 is 2.90 bits per heavy atom. The van der Waals surface area contributed by atoms with Crippen molar-refractivity contribution in [3.63, 3.8) is 0 Å². The van der Waals surface area contributed by atoms with E-state index < -0.39 is 24.2 Å². The summed E-state index contributed by atoms with van der Waals surface area (Å²) >= 11 is 1.32. The molecular weight excluding hydrogens is 298 g/mol. The first-order valence-electron chi connectivity index (χ1n) is 6.48. The van der Waals surface area contributed by atoms with Gasteiger partial charge in [0.1, 0.15) is 5.50 Å². The van der Waals surface area contributed by atoms with Gasteiger partial charge >= 0.3 is 12.0 Å². The van der Waals surface area contributed by atoms with E-state index in [4.69, 9.17) is 10.5 Å². The van der Waals surface area contributed by atoms with Crippen LogP contribution >= 0.6 is 11.8 Å². The minimum atomic E-state index is -0.612. The van der Waals surface area contributed by atoms with E-state index >= 15 is 0 Å². The fraction of sp³-hybridized carbons (Fsp3) is 0.636. The van der Waals surface area contributed by atoms with Crippen molar-refractivity contribution in [3.8, 4) is 0 Å². The number of ether oxygens (including phenoxy) is 1. The lowest BCUT2D eigenvalue weighted by Crippen LogP contribution is -2.58. The van der Waals surface area contributed by atoms with Crippen molar-refractivity contribution in [2.24, 2.45) is 10.7 Å². The summed E-state index contributed by atoms with van der Waals surface area (Å²) in [6.45, 7) is 1.89. The summed E-state index contributed by atoms with van der Waals surface area (Å²) in [6.07, 6.45) is -0.195. The highest BCUT2D eigenvalue weighted by atomic mass is 32.2. The van der Waals surface area contributed by atoms with Gasteiger partial charge in [-0.25, -0.2) is 9.59 Å². The fourth-order valence-electron chi connectivity index (χ4n) is 1.93. The molecule has 3 unspecified atom stereocenters. The quantitative estimate of drug-likeness (QED) is 0.453. The lowest BCUT2D eigenvalue weighted by atomic mass is 10.2. The zero-order chi connectivity index (χ0) is 15.4. The number of carbonyl (C=O) groups is 3. The number of nitrogens with zero attached hydrogens (tertiary/aromatic N) is 1. The molecule has 0 spiro atoms. The second kappa shape index (κ2) is 6.87. The van der Waals surface area contributed by atoms with Gasteiger partial charge in [-0.05, 0) is 6.92 Å². The molecule has 0 aliphatic carbocycles. The van der Waals surface area contributed by atoms with Crippen LogP contribution in [0.2, 0.25) is 0 Å². The Morgan fingerprint density at radius 2 is 2.24 bits per heavy atom. The molecule has 3 atom stereocenters. The smallest absolute Gasteiger partial charge is 0.355 e. The summed E-state index contributed by atoms with van der Waals surface area (Å²) in [5, 5.41) is 8.28. The number of nitrogens with two attached hydrogens (primary N) is 1. The predicted molar refractivity (Wildman–Crippen MR) is 76.5 cm³/mol. The molecule has 0 aromatic heterocycles. The monoisotopic (exact) mass is 315 g/mol. The van der Waals surface area contributed by atoms with Gasteiger partial charge in [0, 0.05) is 5.75 Å². The summed E-state index contributed by atoms with van der Waals surface area (Å²) in [7, 11) is 0. The number of urea groups is 1. The first-order valence-corrected chi connectivity index (χ1v) is 7.53. The summed E-state index contributed by atoms with van der Waals surface area (Å²) in [5.74, 6) is -0.402. The topological polar surface area (TPSA) is 135 Å². The van der Waals surface area contributed by atoms with E-state index in [0.717, 1.165) is 0 Å². The van der Waals surface area contributed by atoms with Gasteiger partial charge in [0.2, 0.25) is 5.91 Å². The molecule has 10 heteroatoms. The molecule has 0 saturated carbocycles. The van der Waals surface area contributed by atoms with E-state index in [2.05, 4.69) is 20.9 Å². The van der Waals surface area contributed by atoms with Crippen molar-refractivity contribution in [1.82, 2.24) is 16.0 Å². The largest absolute Gasteiger partial charge is 0.461 e. The maximum Gasteiger partial charge on any atom is 0.355 e. The highest BCUT2D eigenvalue weighted by molar-refractivity contribution is 7.99. The highest BCUT2D eigenvalue weighted by Gasteiger charge is 2.33. The maximum atomic E-state index is 11.7. The average Bonchev–Trinajstić information content (AvgIpc) is 2.77. The van der Waals surface area contributed by atoms with Crippen molar-refractivity contribution in [2.45, 2.75) is 31.0 Å². The van der Waals surface area contributed by atoms with E-state index in [-0.39, 0.29) is 30.1 Å². The maximum absolute atomic E-state index is 11.7. The minimum Gasteiger partial charge on any atom is -0.461 e. The SMILES string of the molecule is CCOC(=O)C1=NC(=O)NC1CSC1NC(=O)CC(N)N1. The lowest BCUT2D eigenvalue weighted by Gasteiger charge is -2.29. The van der Waals surface area contributed by atoms with Crippen LogP contribution in [0.1, 0.15) is 13.3 Å². The zero-order valence-electron chi connectivity index (χ0n) is 11.4. The second-order valence-corrected chi connectivity index (χ2v) is 5.62. The molecule has 2 rings (SSSR count). The van der Waals surface area contributed by atoms with Crippen molar-refractivity contribution in [3.05, 3.63) is 0 Å². The molecule has 21 heavy (non-hydrogen) atoms. The molecular formula is C11H17N5O4S. The van der Waals surface area contributed by atoms with Crippen LogP contribution in [0.25, 0.3) is 0 Å². The third-order valence-corrected chi connectivity index (χ3v) is 3.94. The van der Waals surface area contributed by atoms with Crippen LogP contribution in [-0.2, 0) is 14.3 Å². The number of aliphatic imine (C=N–C) groups is 1. The number of amides is 3. The molecule has 0 aromatic rings. The first kappa shape index (κ1) is 15.7. The summed E-state index contributed by atoms with van der Waals surface area (Å²) in [5.41, 5.74) is 5.37. The van der Waals surface area contributed by atoms with Crippen molar-refractivity contribution in [1.29, 1.82) is 0 Å². The lowest BCUT2D eigenvalue weighted by molar-refractivity contribution is -0.135. The van der Waals surface area contributed by atoms with Crippen LogP contribution in [0.5, 0.6) is 0 Å². The summed E-state index contributed by atoms with van der Waals surface area (Å²) in [4.78, 5) is 38.0. The summed E-state index contributed by atoms with van der Waals surface area (Å²) < 4.78 is 4.85. The standard InChI is InChI=1S/C11H17N5O4S/c1-2-20-9(18)8-5(13-10(19)16-8)4-21-11-14-6(12)3-7(17)15-11/h5-6,11,14H,2-4,12H2,1H3,(H,13,19)(H,15,17). The molecule has 1 saturated heterocycles. The van der Waals surface area contributed by atoms with Crippen molar-refractivity contribution >= 4 is 35.4 Å². The third-order valence-electron chi connectivity index (χ3n) is 2.83. The highest BCUT2D eigenvalue weighted by Crippen LogP contribution is 2.15. The predicted octanol–water partition coefficient (Wildman–Crippen LogP) is -1.51. The van der Waals surface area contributed by atoms with E-state index in [0.29, 0.717) is 5.75 Å². The minimum absolute atomic E-state index is 0.0563. The van der Waals surface area contributed by atoms with Crippen LogP contribution in [-0.4, -0.2) is 53.7 Å². The van der Waals surface area contributed by atoms with E-state index in [9.17, 15) is 14.4 Å². The molecule has 2 aliphatic heterocycles. The third kappa shape index (κ3) is 4.16. The van der Waals surface area contributed by atoms with Crippen molar-refractivity contribution in [2.75, 3.05) is 12.4 Å². The van der Waals surface area contributed by atoms with Gasteiger partial charge in [-0.15, -0.1) is 11.8 Å². The number of rotatable bonds is 5. The molecule has 3 amide bonds. The molecule has 2 heterocycles. The Hall–Kier alpha value is -1.65. The fourth-order valence-corrected chi connectivity index (χ4v) is 3.04. The second-order valence-electron chi connectivity index (χ2n) is 4.48. The normalized spacial score (nSPS) is 28.7. The van der Waals surface area contributed by atoms with Crippen LogP contribution in [0.15, 0.2) is 4.99 Å². The average molecular weight is 315 g/mol. The molecule has 0 bridgehead atoms. The van der Waals surface area contributed by atoms with Crippen molar-refractivity contribution < 1.29 is 19.1 Å². The van der Waals surface area contributed by atoms with Gasteiger partial charge in [-0.1, -0.05) is 0 Å². The molecule has 2 aliphatic rings.